The van der Waals surface area contributed by atoms with E-state index in [0.29, 0.717) is 12.5 Å². The van der Waals surface area contributed by atoms with Gasteiger partial charge >= 0.3 is 6.03 Å². The Morgan fingerprint density at radius 1 is 1.54 bits per heavy atom. The van der Waals surface area contributed by atoms with Crippen molar-refractivity contribution in [2.75, 3.05) is 6.54 Å². The molecule has 5 nitrogen and oxygen atoms in total. The van der Waals surface area contributed by atoms with Gasteiger partial charge in [0.15, 0.2) is 0 Å². The van der Waals surface area contributed by atoms with Gasteiger partial charge in [-0.15, -0.1) is 0 Å². The monoisotopic (exact) mass is 185 g/mol. The molecule has 0 aromatic heterocycles. The fourth-order valence-electron chi connectivity index (χ4n) is 1.51. The van der Waals surface area contributed by atoms with Crippen LogP contribution in [0.15, 0.2) is 0 Å². The molecular weight excluding hydrogens is 170 g/mol. The Morgan fingerprint density at radius 3 is 2.85 bits per heavy atom. The Morgan fingerprint density at radius 2 is 2.31 bits per heavy atom. The molecule has 0 bridgehead atoms. The van der Waals surface area contributed by atoms with E-state index in [1.165, 1.54) is 6.42 Å². The third-order valence-electron chi connectivity index (χ3n) is 2.14. The predicted octanol–water partition coefficient (Wildman–Crippen LogP) is -0.287. The summed E-state index contributed by atoms with van der Waals surface area (Å²) >= 11 is 0. The molecule has 1 unspecified atom stereocenters. The molecule has 0 aromatic carbocycles. The van der Waals surface area contributed by atoms with Crippen LogP contribution in [0.5, 0.6) is 0 Å². The molecule has 0 aliphatic carbocycles. The minimum Gasteiger partial charge on any atom is -0.351 e. The van der Waals surface area contributed by atoms with E-state index in [0.717, 1.165) is 19.4 Å². The summed E-state index contributed by atoms with van der Waals surface area (Å²) in [6.45, 7) is 1.03. The summed E-state index contributed by atoms with van der Waals surface area (Å²) in [5.41, 5.74) is 4.79. The number of nitrogens with two attached hydrogens (primary N) is 1. The second kappa shape index (κ2) is 4.81. The molecule has 1 fully saturated rings. The van der Waals surface area contributed by atoms with E-state index in [-0.39, 0.29) is 5.91 Å². The fourth-order valence-corrected chi connectivity index (χ4v) is 1.51. The molecule has 0 saturated carbocycles. The first kappa shape index (κ1) is 9.98. The molecule has 1 rings (SSSR count). The number of carbonyl (C=O) groups is 2. The number of urea groups is 1. The largest absolute Gasteiger partial charge is 0.351 e. The topological polar surface area (TPSA) is 84.2 Å². The summed E-state index contributed by atoms with van der Waals surface area (Å²) < 4.78 is 0. The van der Waals surface area contributed by atoms with Gasteiger partial charge in [-0.05, 0) is 25.8 Å². The number of rotatable bonds is 3. The summed E-state index contributed by atoms with van der Waals surface area (Å²) in [7, 11) is 0. The molecular formula is C8H15N3O2. The predicted molar refractivity (Wildman–Crippen MR) is 48.0 cm³/mol. The normalized spacial score (nSPS) is 21.4. The number of nitrogens with one attached hydrogen (secondary N) is 2. The lowest BCUT2D eigenvalue weighted by molar-refractivity contribution is -0.120. The minimum atomic E-state index is -0.774. The molecule has 4 N–H and O–H groups in total. The maximum absolute atomic E-state index is 11.0. The maximum Gasteiger partial charge on any atom is 0.318 e. The Bertz CT molecular complexity index is 200. The van der Waals surface area contributed by atoms with E-state index in [4.69, 9.17) is 5.73 Å². The zero-order valence-corrected chi connectivity index (χ0v) is 7.51. The van der Waals surface area contributed by atoms with Gasteiger partial charge < -0.3 is 11.1 Å². The lowest BCUT2D eigenvalue weighted by Crippen LogP contribution is -2.35. The molecule has 1 aliphatic rings. The summed E-state index contributed by atoms with van der Waals surface area (Å²) in [5, 5.41) is 5.31. The van der Waals surface area contributed by atoms with Gasteiger partial charge in [-0.1, -0.05) is 0 Å². The first-order valence-corrected chi connectivity index (χ1v) is 4.51. The first-order chi connectivity index (χ1) is 6.18. The zero-order valence-electron chi connectivity index (χ0n) is 7.51. The molecule has 74 valence electrons. The van der Waals surface area contributed by atoms with Crippen LogP contribution < -0.4 is 16.4 Å². The summed E-state index contributed by atoms with van der Waals surface area (Å²) in [5.74, 6) is -0.291. The first-order valence-electron chi connectivity index (χ1n) is 4.51. The lowest BCUT2D eigenvalue weighted by Gasteiger charge is -2.08. The average molecular weight is 185 g/mol. The Hall–Kier alpha value is -1.10. The SMILES string of the molecule is NC(=O)NC(=O)CCC1CCCN1. The molecule has 1 heterocycles. The van der Waals surface area contributed by atoms with Gasteiger partial charge in [-0.2, -0.15) is 0 Å². The van der Waals surface area contributed by atoms with Crippen LogP contribution >= 0.6 is 0 Å². The van der Waals surface area contributed by atoms with Crippen molar-refractivity contribution in [2.24, 2.45) is 5.73 Å². The van der Waals surface area contributed by atoms with E-state index >= 15 is 0 Å². The second-order valence-corrected chi connectivity index (χ2v) is 3.24. The highest BCUT2D eigenvalue weighted by molar-refractivity contribution is 5.93. The van der Waals surface area contributed by atoms with Gasteiger partial charge in [0.1, 0.15) is 0 Å². The third-order valence-corrected chi connectivity index (χ3v) is 2.14. The summed E-state index contributed by atoms with van der Waals surface area (Å²) in [6, 6.07) is -0.344. The van der Waals surface area contributed by atoms with Gasteiger partial charge in [-0.3, -0.25) is 10.1 Å². The van der Waals surface area contributed by atoms with Gasteiger partial charge in [0.05, 0.1) is 0 Å². The molecule has 13 heavy (non-hydrogen) atoms. The van der Waals surface area contributed by atoms with Crippen molar-refractivity contribution in [3.8, 4) is 0 Å². The lowest BCUT2D eigenvalue weighted by atomic mass is 10.1. The van der Waals surface area contributed by atoms with Crippen molar-refractivity contribution < 1.29 is 9.59 Å². The van der Waals surface area contributed by atoms with Crippen molar-refractivity contribution in [1.29, 1.82) is 0 Å². The van der Waals surface area contributed by atoms with E-state index in [1.807, 2.05) is 5.32 Å². The Balaban J connectivity index is 2.10. The van der Waals surface area contributed by atoms with Crippen LogP contribution in [0.1, 0.15) is 25.7 Å². The highest BCUT2D eigenvalue weighted by Crippen LogP contribution is 2.10. The summed E-state index contributed by atoms with van der Waals surface area (Å²) in [4.78, 5) is 21.3. The van der Waals surface area contributed by atoms with Gasteiger partial charge in [0.2, 0.25) is 5.91 Å². The zero-order chi connectivity index (χ0) is 9.68. The van der Waals surface area contributed by atoms with Crippen LogP contribution in [0.25, 0.3) is 0 Å². The number of primary amides is 1. The van der Waals surface area contributed by atoms with Crippen molar-refractivity contribution in [3.05, 3.63) is 0 Å². The molecule has 1 aliphatic heterocycles. The van der Waals surface area contributed by atoms with Crippen molar-refractivity contribution in [1.82, 2.24) is 10.6 Å². The van der Waals surface area contributed by atoms with Crippen molar-refractivity contribution in [2.45, 2.75) is 31.7 Å². The highest BCUT2D eigenvalue weighted by Gasteiger charge is 2.15. The number of hydrogen-bond donors (Lipinski definition) is 3. The highest BCUT2D eigenvalue weighted by atomic mass is 16.2. The molecule has 1 atom stereocenters. The molecule has 0 radical (unpaired) electrons. The van der Waals surface area contributed by atoms with Crippen LogP contribution in [0, 0.1) is 0 Å². The maximum atomic E-state index is 11.0. The quantitative estimate of drug-likeness (QED) is 0.565. The fraction of sp³-hybridized carbons (Fsp3) is 0.750. The van der Waals surface area contributed by atoms with Crippen LogP contribution in [-0.4, -0.2) is 24.5 Å². The van der Waals surface area contributed by atoms with E-state index < -0.39 is 6.03 Å². The number of imide groups is 1. The molecule has 0 spiro atoms. The van der Waals surface area contributed by atoms with E-state index in [1.54, 1.807) is 0 Å². The van der Waals surface area contributed by atoms with Crippen LogP contribution in [-0.2, 0) is 4.79 Å². The Labute approximate surface area is 77.1 Å². The van der Waals surface area contributed by atoms with Gasteiger partial charge in [-0.25, -0.2) is 4.79 Å². The standard InChI is InChI=1S/C8H15N3O2/c9-8(13)11-7(12)4-3-6-2-1-5-10-6/h6,10H,1-5H2,(H3,9,11,12,13). The summed E-state index contributed by atoms with van der Waals surface area (Å²) in [6.07, 6.45) is 3.42. The second-order valence-electron chi connectivity index (χ2n) is 3.24. The average Bonchev–Trinajstić information content (AvgIpc) is 2.51. The van der Waals surface area contributed by atoms with Gasteiger partial charge in [0.25, 0.3) is 0 Å². The van der Waals surface area contributed by atoms with E-state index in [2.05, 4.69) is 5.32 Å². The minimum absolute atomic E-state index is 0.291. The molecule has 3 amide bonds. The number of amides is 3. The number of hydrogen-bond acceptors (Lipinski definition) is 3. The smallest absolute Gasteiger partial charge is 0.318 e. The van der Waals surface area contributed by atoms with Crippen LogP contribution in [0.4, 0.5) is 4.79 Å². The Kier molecular flexibility index (Phi) is 3.70. The third kappa shape index (κ3) is 3.89. The van der Waals surface area contributed by atoms with Crippen LogP contribution in [0.2, 0.25) is 0 Å². The van der Waals surface area contributed by atoms with E-state index in [9.17, 15) is 9.59 Å². The molecule has 0 aromatic rings. The molecule has 5 heteroatoms. The molecule has 1 saturated heterocycles. The number of carbonyl (C=O) groups excluding carboxylic acids is 2. The van der Waals surface area contributed by atoms with Gasteiger partial charge in [0, 0.05) is 12.5 Å². The van der Waals surface area contributed by atoms with Crippen molar-refractivity contribution in [3.63, 3.8) is 0 Å². The van der Waals surface area contributed by atoms with Crippen LogP contribution in [0.3, 0.4) is 0 Å². The van der Waals surface area contributed by atoms with Crippen molar-refractivity contribution >= 4 is 11.9 Å².